The molecule has 1 aromatic rings. The van der Waals surface area contributed by atoms with Crippen molar-refractivity contribution in [2.75, 3.05) is 23.8 Å². The molecule has 1 fully saturated rings. The molecule has 1 saturated carbocycles. The Kier molecular flexibility index (Phi) is 5.38. The molecule has 0 heterocycles. The largest absolute Gasteiger partial charge is 0.396 e. The minimum Gasteiger partial charge on any atom is -0.396 e. The first-order valence-electron chi connectivity index (χ1n) is 7.56. The van der Waals surface area contributed by atoms with E-state index in [4.69, 9.17) is 0 Å². The van der Waals surface area contributed by atoms with Gasteiger partial charge in [0.25, 0.3) is 0 Å². The molecule has 6 heteroatoms. The van der Waals surface area contributed by atoms with Gasteiger partial charge in [0.2, 0.25) is 0 Å². The molecule has 1 aromatic carbocycles. The number of aliphatic hydroxyl groups excluding tert-OH is 1. The fourth-order valence-corrected chi connectivity index (χ4v) is 3.01. The van der Waals surface area contributed by atoms with Gasteiger partial charge in [-0.1, -0.05) is 18.9 Å². The zero-order valence-corrected chi connectivity index (χ0v) is 12.3. The highest BCUT2D eigenvalue weighted by Crippen LogP contribution is 2.35. The lowest BCUT2D eigenvalue weighted by molar-refractivity contribution is -0.383. The van der Waals surface area contributed by atoms with E-state index in [9.17, 15) is 15.2 Å². The smallest absolute Gasteiger partial charge is 0.315 e. The third-order valence-electron chi connectivity index (χ3n) is 4.07. The third kappa shape index (κ3) is 3.64. The summed E-state index contributed by atoms with van der Waals surface area (Å²) in [5.74, 6) is 0.168. The van der Waals surface area contributed by atoms with E-state index < -0.39 is 0 Å². The fraction of sp³-hybridized carbons (Fsp3) is 0.600. The number of nitrogens with zero attached hydrogens (tertiary/aromatic N) is 1. The van der Waals surface area contributed by atoms with E-state index >= 15 is 0 Å². The first-order valence-corrected chi connectivity index (χ1v) is 7.56. The topological polar surface area (TPSA) is 87.4 Å². The van der Waals surface area contributed by atoms with Crippen LogP contribution in [0.5, 0.6) is 0 Å². The van der Waals surface area contributed by atoms with Crippen molar-refractivity contribution in [2.24, 2.45) is 5.92 Å². The first-order chi connectivity index (χ1) is 10.2. The number of anilines is 2. The van der Waals surface area contributed by atoms with Gasteiger partial charge < -0.3 is 15.7 Å². The fourth-order valence-electron chi connectivity index (χ4n) is 3.01. The molecule has 0 spiro atoms. The number of rotatable bonds is 6. The molecule has 1 aliphatic carbocycles. The second-order valence-corrected chi connectivity index (χ2v) is 5.47. The lowest BCUT2D eigenvalue weighted by atomic mass is 9.85. The predicted octanol–water partition coefficient (Wildman–Crippen LogP) is 2.99. The number of benzene rings is 1. The Bertz CT molecular complexity index is 493. The molecular weight excluding hydrogens is 270 g/mol. The average molecular weight is 293 g/mol. The van der Waals surface area contributed by atoms with Gasteiger partial charge in [0.15, 0.2) is 0 Å². The molecule has 0 aliphatic heterocycles. The van der Waals surface area contributed by atoms with E-state index in [1.54, 1.807) is 12.1 Å². The zero-order chi connectivity index (χ0) is 15.2. The number of nitro benzene ring substituents is 1. The molecule has 2 rings (SSSR count). The maximum atomic E-state index is 11.4. The SMILES string of the molecule is CCNc1cccc(NC2CCCCC2CO)c1[N+](=O)[O-]. The summed E-state index contributed by atoms with van der Waals surface area (Å²) in [6, 6.07) is 5.36. The Morgan fingerprint density at radius 3 is 2.71 bits per heavy atom. The molecule has 0 aromatic heterocycles. The number of para-hydroxylation sites is 1. The van der Waals surface area contributed by atoms with Crippen LogP contribution in [0.4, 0.5) is 17.1 Å². The number of hydrogen-bond donors (Lipinski definition) is 3. The van der Waals surface area contributed by atoms with Crippen molar-refractivity contribution in [3.05, 3.63) is 28.3 Å². The molecule has 2 atom stereocenters. The van der Waals surface area contributed by atoms with Crippen molar-refractivity contribution in [1.29, 1.82) is 0 Å². The van der Waals surface area contributed by atoms with Gasteiger partial charge in [0.05, 0.1) is 4.92 Å². The summed E-state index contributed by atoms with van der Waals surface area (Å²) >= 11 is 0. The molecule has 0 saturated heterocycles. The molecule has 0 bridgehead atoms. The summed E-state index contributed by atoms with van der Waals surface area (Å²) in [4.78, 5) is 11.0. The van der Waals surface area contributed by atoms with Gasteiger partial charge in [-0.2, -0.15) is 0 Å². The van der Waals surface area contributed by atoms with Gasteiger partial charge in [-0.15, -0.1) is 0 Å². The van der Waals surface area contributed by atoms with Crippen LogP contribution >= 0.6 is 0 Å². The summed E-state index contributed by atoms with van der Waals surface area (Å²) in [6.07, 6.45) is 4.11. The molecule has 116 valence electrons. The van der Waals surface area contributed by atoms with Gasteiger partial charge in [-0.3, -0.25) is 10.1 Å². The Hall–Kier alpha value is -1.82. The normalized spacial score (nSPS) is 21.8. The van der Waals surface area contributed by atoms with Gasteiger partial charge in [0.1, 0.15) is 11.4 Å². The van der Waals surface area contributed by atoms with E-state index in [1.165, 1.54) is 0 Å². The number of aliphatic hydroxyl groups is 1. The van der Waals surface area contributed by atoms with E-state index in [2.05, 4.69) is 10.6 Å². The predicted molar refractivity (Wildman–Crippen MR) is 83.7 cm³/mol. The minimum absolute atomic E-state index is 0.0848. The standard InChI is InChI=1S/C15H23N3O3/c1-2-16-13-8-5-9-14(15(13)18(20)21)17-12-7-4-3-6-11(12)10-19/h5,8-9,11-12,16-17,19H,2-4,6-7,10H2,1H3. The lowest BCUT2D eigenvalue weighted by Crippen LogP contribution is -2.34. The molecule has 1 aliphatic rings. The average Bonchev–Trinajstić information content (AvgIpc) is 2.48. The minimum atomic E-state index is -0.350. The van der Waals surface area contributed by atoms with Crippen molar-refractivity contribution in [1.82, 2.24) is 0 Å². The summed E-state index contributed by atoms with van der Waals surface area (Å²) in [5, 5.41) is 27.2. The third-order valence-corrected chi connectivity index (χ3v) is 4.07. The Morgan fingerprint density at radius 2 is 2.05 bits per heavy atom. The van der Waals surface area contributed by atoms with Crippen LogP contribution in [0.1, 0.15) is 32.6 Å². The van der Waals surface area contributed by atoms with Crippen LogP contribution in [-0.4, -0.2) is 29.2 Å². The van der Waals surface area contributed by atoms with Crippen LogP contribution in [0.2, 0.25) is 0 Å². The summed E-state index contributed by atoms with van der Waals surface area (Å²) in [6.45, 7) is 2.66. The highest BCUT2D eigenvalue weighted by atomic mass is 16.6. The molecule has 21 heavy (non-hydrogen) atoms. The number of hydrogen-bond acceptors (Lipinski definition) is 5. The molecule has 0 amide bonds. The van der Waals surface area contributed by atoms with Gasteiger partial charge in [-0.05, 0) is 31.9 Å². The van der Waals surface area contributed by atoms with Crippen LogP contribution < -0.4 is 10.6 Å². The summed E-state index contributed by atoms with van der Waals surface area (Å²) in [5.41, 5.74) is 1.15. The zero-order valence-electron chi connectivity index (χ0n) is 12.3. The summed E-state index contributed by atoms with van der Waals surface area (Å²) in [7, 11) is 0. The van der Waals surface area contributed by atoms with Gasteiger partial charge in [0, 0.05) is 25.1 Å². The van der Waals surface area contributed by atoms with Gasteiger partial charge in [-0.25, -0.2) is 0 Å². The maximum absolute atomic E-state index is 11.4. The summed E-state index contributed by atoms with van der Waals surface area (Å²) < 4.78 is 0. The van der Waals surface area contributed by atoms with Crippen LogP contribution in [0, 0.1) is 16.0 Å². The van der Waals surface area contributed by atoms with Crippen LogP contribution in [0.3, 0.4) is 0 Å². The molecular formula is C15H23N3O3. The van der Waals surface area contributed by atoms with Crippen molar-refractivity contribution in [3.63, 3.8) is 0 Å². The van der Waals surface area contributed by atoms with E-state index in [-0.39, 0.29) is 29.2 Å². The first kappa shape index (κ1) is 15.6. The van der Waals surface area contributed by atoms with Crippen molar-refractivity contribution < 1.29 is 10.0 Å². The second kappa shape index (κ2) is 7.26. The monoisotopic (exact) mass is 293 g/mol. The van der Waals surface area contributed by atoms with E-state index in [0.29, 0.717) is 17.9 Å². The highest BCUT2D eigenvalue weighted by Gasteiger charge is 2.27. The molecule has 6 nitrogen and oxygen atoms in total. The maximum Gasteiger partial charge on any atom is 0.315 e. The van der Waals surface area contributed by atoms with Crippen LogP contribution in [0.25, 0.3) is 0 Å². The number of nitro groups is 1. The molecule has 0 radical (unpaired) electrons. The van der Waals surface area contributed by atoms with E-state index in [1.807, 2.05) is 13.0 Å². The van der Waals surface area contributed by atoms with Crippen LogP contribution in [-0.2, 0) is 0 Å². The highest BCUT2D eigenvalue weighted by molar-refractivity contribution is 5.76. The molecule has 3 N–H and O–H groups in total. The Balaban J connectivity index is 2.26. The van der Waals surface area contributed by atoms with Gasteiger partial charge >= 0.3 is 5.69 Å². The van der Waals surface area contributed by atoms with Crippen molar-refractivity contribution >= 4 is 17.1 Å². The quantitative estimate of drug-likeness (QED) is 0.554. The Morgan fingerprint density at radius 1 is 1.33 bits per heavy atom. The van der Waals surface area contributed by atoms with Crippen LogP contribution in [0.15, 0.2) is 18.2 Å². The molecule has 2 unspecified atom stereocenters. The van der Waals surface area contributed by atoms with Crippen molar-refractivity contribution in [3.8, 4) is 0 Å². The Labute approximate surface area is 124 Å². The van der Waals surface area contributed by atoms with Crippen molar-refractivity contribution in [2.45, 2.75) is 38.6 Å². The van der Waals surface area contributed by atoms with E-state index in [0.717, 1.165) is 25.7 Å². The second-order valence-electron chi connectivity index (χ2n) is 5.47. The number of nitrogens with one attached hydrogen (secondary N) is 2. The lowest BCUT2D eigenvalue weighted by Gasteiger charge is -2.31.